The van der Waals surface area contributed by atoms with Crippen molar-refractivity contribution < 1.29 is 0 Å². The molecule has 0 aromatic carbocycles. The molecule has 0 atom stereocenters. The van der Waals surface area contributed by atoms with Crippen LogP contribution in [0.2, 0.25) is 0 Å². The number of rotatable bonds is 2. The summed E-state index contributed by atoms with van der Waals surface area (Å²) < 4.78 is 2.30. The SMILES string of the molecule is CCn1c(C)cc(-c2nc(N)sc2C)c1C. The smallest absolute Gasteiger partial charge is 0.180 e. The molecular weight excluding hydrogens is 218 g/mol. The van der Waals surface area contributed by atoms with Crippen LogP contribution in [-0.2, 0) is 6.54 Å². The average Bonchev–Trinajstić information content (AvgIpc) is 2.67. The number of nitrogens with two attached hydrogens (primary N) is 1. The molecule has 0 aliphatic rings. The minimum atomic E-state index is 0.647. The molecule has 2 aromatic heterocycles. The van der Waals surface area contributed by atoms with Crippen molar-refractivity contribution in [2.24, 2.45) is 0 Å². The summed E-state index contributed by atoms with van der Waals surface area (Å²) in [6, 6.07) is 2.19. The number of thiazole rings is 1. The number of hydrogen-bond donors (Lipinski definition) is 1. The third kappa shape index (κ3) is 1.63. The molecule has 3 nitrogen and oxygen atoms in total. The summed E-state index contributed by atoms with van der Waals surface area (Å²) >= 11 is 1.55. The van der Waals surface area contributed by atoms with Crippen molar-refractivity contribution in [3.8, 4) is 11.3 Å². The van der Waals surface area contributed by atoms with Crippen molar-refractivity contribution in [3.63, 3.8) is 0 Å². The molecule has 0 saturated carbocycles. The summed E-state index contributed by atoms with van der Waals surface area (Å²) in [5.74, 6) is 0. The molecule has 0 saturated heterocycles. The van der Waals surface area contributed by atoms with E-state index in [-0.39, 0.29) is 0 Å². The number of hydrogen-bond acceptors (Lipinski definition) is 3. The van der Waals surface area contributed by atoms with Crippen molar-refractivity contribution in [2.45, 2.75) is 34.2 Å². The van der Waals surface area contributed by atoms with Gasteiger partial charge in [-0.25, -0.2) is 4.98 Å². The van der Waals surface area contributed by atoms with Crippen LogP contribution in [0.4, 0.5) is 5.13 Å². The molecule has 0 aliphatic heterocycles. The van der Waals surface area contributed by atoms with Crippen LogP contribution < -0.4 is 5.73 Å². The van der Waals surface area contributed by atoms with Crippen molar-refractivity contribution in [1.29, 1.82) is 0 Å². The van der Waals surface area contributed by atoms with Crippen LogP contribution in [0.5, 0.6) is 0 Å². The van der Waals surface area contributed by atoms with Gasteiger partial charge in [-0.05, 0) is 33.8 Å². The van der Waals surface area contributed by atoms with Gasteiger partial charge in [0.1, 0.15) is 0 Å². The Kier molecular flexibility index (Phi) is 2.76. The van der Waals surface area contributed by atoms with E-state index in [0.29, 0.717) is 5.13 Å². The summed E-state index contributed by atoms with van der Waals surface area (Å²) in [5.41, 5.74) is 10.5. The quantitative estimate of drug-likeness (QED) is 0.869. The summed E-state index contributed by atoms with van der Waals surface area (Å²) in [6.45, 7) is 9.50. The van der Waals surface area contributed by atoms with Crippen molar-refractivity contribution in [2.75, 3.05) is 5.73 Å². The van der Waals surface area contributed by atoms with Crippen LogP contribution in [-0.4, -0.2) is 9.55 Å². The molecular formula is C12H17N3S. The van der Waals surface area contributed by atoms with E-state index in [2.05, 4.69) is 43.3 Å². The molecule has 2 N–H and O–H groups in total. The van der Waals surface area contributed by atoms with Gasteiger partial charge in [0.2, 0.25) is 0 Å². The predicted octanol–water partition coefficient (Wildman–Crippen LogP) is 3.14. The fourth-order valence-corrected chi connectivity index (χ4v) is 2.90. The fourth-order valence-electron chi connectivity index (χ4n) is 2.19. The van der Waals surface area contributed by atoms with Crippen molar-refractivity contribution in [1.82, 2.24) is 9.55 Å². The summed E-state index contributed by atoms with van der Waals surface area (Å²) in [4.78, 5) is 5.60. The molecule has 86 valence electrons. The van der Waals surface area contributed by atoms with Gasteiger partial charge < -0.3 is 10.3 Å². The molecule has 0 unspecified atom stereocenters. The molecule has 0 spiro atoms. The van der Waals surface area contributed by atoms with Gasteiger partial charge in [-0.15, -0.1) is 11.3 Å². The topological polar surface area (TPSA) is 43.8 Å². The first-order valence-corrected chi connectivity index (χ1v) is 6.26. The Labute approximate surface area is 99.9 Å². The van der Waals surface area contributed by atoms with E-state index in [9.17, 15) is 0 Å². The van der Waals surface area contributed by atoms with E-state index in [1.165, 1.54) is 21.8 Å². The largest absolute Gasteiger partial charge is 0.375 e. The monoisotopic (exact) mass is 235 g/mol. The maximum absolute atomic E-state index is 5.74. The zero-order chi connectivity index (χ0) is 11.9. The lowest BCUT2D eigenvalue weighted by molar-refractivity contribution is 0.719. The van der Waals surface area contributed by atoms with E-state index in [1.807, 2.05) is 0 Å². The lowest BCUT2D eigenvalue weighted by atomic mass is 10.1. The highest BCUT2D eigenvalue weighted by molar-refractivity contribution is 7.15. The minimum Gasteiger partial charge on any atom is -0.375 e. The first-order chi connectivity index (χ1) is 7.54. The van der Waals surface area contributed by atoms with Crippen molar-refractivity contribution in [3.05, 3.63) is 22.3 Å². The molecule has 2 heterocycles. The van der Waals surface area contributed by atoms with Gasteiger partial charge in [0.05, 0.1) is 5.69 Å². The van der Waals surface area contributed by atoms with Gasteiger partial charge in [0, 0.05) is 28.4 Å². The van der Waals surface area contributed by atoms with Crippen LogP contribution in [0, 0.1) is 20.8 Å². The number of aryl methyl sites for hydroxylation is 2. The Bertz CT molecular complexity index is 523. The van der Waals surface area contributed by atoms with Crippen LogP contribution >= 0.6 is 11.3 Å². The Morgan fingerprint density at radius 3 is 2.50 bits per heavy atom. The molecule has 16 heavy (non-hydrogen) atoms. The zero-order valence-corrected chi connectivity index (χ0v) is 11.0. The normalized spacial score (nSPS) is 11.0. The van der Waals surface area contributed by atoms with E-state index >= 15 is 0 Å². The van der Waals surface area contributed by atoms with Gasteiger partial charge in [0.15, 0.2) is 5.13 Å². The van der Waals surface area contributed by atoms with Gasteiger partial charge in [0.25, 0.3) is 0 Å². The zero-order valence-electron chi connectivity index (χ0n) is 10.2. The molecule has 4 heteroatoms. The van der Waals surface area contributed by atoms with E-state index < -0.39 is 0 Å². The lowest BCUT2D eigenvalue weighted by Crippen LogP contribution is -1.98. The third-order valence-electron chi connectivity index (χ3n) is 2.96. The Balaban J connectivity index is 2.61. The summed E-state index contributed by atoms with van der Waals surface area (Å²) in [6.07, 6.45) is 0. The van der Waals surface area contributed by atoms with E-state index in [0.717, 1.165) is 12.2 Å². The van der Waals surface area contributed by atoms with Crippen LogP contribution in [0.25, 0.3) is 11.3 Å². The van der Waals surface area contributed by atoms with Crippen LogP contribution in [0.15, 0.2) is 6.07 Å². The summed E-state index contributed by atoms with van der Waals surface area (Å²) in [7, 11) is 0. The van der Waals surface area contributed by atoms with Crippen molar-refractivity contribution >= 4 is 16.5 Å². The van der Waals surface area contributed by atoms with Gasteiger partial charge >= 0.3 is 0 Å². The highest BCUT2D eigenvalue weighted by Crippen LogP contribution is 2.32. The highest BCUT2D eigenvalue weighted by atomic mass is 32.1. The number of aromatic nitrogens is 2. The highest BCUT2D eigenvalue weighted by Gasteiger charge is 2.14. The summed E-state index contributed by atoms with van der Waals surface area (Å²) in [5, 5.41) is 0.647. The van der Waals surface area contributed by atoms with E-state index in [4.69, 9.17) is 5.73 Å². The Morgan fingerprint density at radius 1 is 1.38 bits per heavy atom. The number of nitrogen functional groups attached to an aromatic ring is 1. The second kappa shape index (κ2) is 3.94. The number of nitrogens with zero attached hydrogens (tertiary/aromatic N) is 2. The lowest BCUT2D eigenvalue weighted by Gasteiger charge is -2.05. The average molecular weight is 235 g/mol. The molecule has 0 amide bonds. The second-order valence-electron chi connectivity index (χ2n) is 3.99. The van der Waals surface area contributed by atoms with Crippen LogP contribution in [0.3, 0.4) is 0 Å². The van der Waals surface area contributed by atoms with Gasteiger partial charge in [-0.1, -0.05) is 0 Å². The maximum Gasteiger partial charge on any atom is 0.180 e. The third-order valence-corrected chi connectivity index (χ3v) is 3.76. The molecule has 2 aromatic rings. The van der Waals surface area contributed by atoms with Crippen LogP contribution in [0.1, 0.15) is 23.2 Å². The standard InChI is InChI=1S/C12H17N3S/c1-5-15-7(2)6-10(8(15)3)11-9(4)16-12(13)14-11/h6H,5H2,1-4H3,(H2,13,14). The molecule has 0 fully saturated rings. The molecule has 2 rings (SSSR count). The Morgan fingerprint density at radius 2 is 2.06 bits per heavy atom. The second-order valence-corrected chi connectivity index (χ2v) is 5.22. The molecule has 0 aliphatic carbocycles. The predicted molar refractivity (Wildman–Crippen MR) is 69.8 cm³/mol. The van der Waals surface area contributed by atoms with Gasteiger partial charge in [-0.3, -0.25) is 0 Å². The van der Waals surface area contributed by atoms with Gasteiger partial charge in [-0.2, -0.15) is 0 Å². The maximum atomic E-state index is 5.74. The van der Waals surface area contributed by atoms with E-state index in [1.54, 1.807) is 11.3 Å². The first-order valence-electron chi connectivity index (χ1n) is 5.44. The number of anilines is 1. The first kappa shape index (κ1) is 11.2. The molecule has 0 bridgehead atoms. The fraction of sp³-hybridized carbons (Fsp3) is 0.417. The Hall–Kier alpha value is -1.29. The minimum absolute atomic E-state index is 0.647. The molecule has 0 radical (unpaired) electrons.